The number of anilines is 1. The maximum atomic E-state index is 12.9. The van der Waals surface area contributed by atoms with Gasteiger partial charge in [0.05, 0.1) is 4.90 Å². The zero-order valence-electron chi connectivity index (χ0n) is 18.0. The summed E-state index contributed by atoms with van der Waals surface area (Å²) in [5, 5.41) is 3.79. The first-order chi connectivity index (χ1) is 15.9. The fourth-order valence-electron chi connectivity index (χ4n) is 3.94. The maximum Gasteiger partial charge on any atom is 0.255 e. The molecule has 2 aromatic heterocycles. The van der Waals surface area contributed by atoms with Gasteiger partial charge in [0.25, 0.3) is 5.91 Å². The van der Waals surface area contributed by atoms with Gasteiger partial charge in [-0.3, -0.25) is 4.79 Å². The molecule has 1 aliphatic rings. The molecule has 7 nitrogen and oxygen atoms in total. The monoisotopic (exact) mass is 478 g/mol. The van der Waals surface area contributed by atoms with E-state index < -0.39 is 10.0 Å². The highest BCUT2D eigenvalue weighted by Crippen LogP contribution is 2.33. The van der Waals surface area contributed by atoms with E-state index in [1.54, 1.807) is 18.3 Å². The molecule has 0 spiro atoms. The number of amides is 1. The Morgan fingerprint density at radius 3 is 2.52 bits per heavy atom. The lowest BCUT2D eigenvalue weighted by Gasteiger charge is -2.15. The van der Waals surface area contributed by atoms with Crippen LogP contribution >= 0.6 is 11.3 Å². The van der Waals surface area contributed by atoms with Crippen molar-refractivity contribution in [2.75, 3.05) is 18.4 Å². The van der Waals surface area contributed by atoms with Crippen molar-refractivity contribution in [2.24, 2.45) is 0 Å². The number of hydrogen-bond acceptors (Lipinski definition) is 6. The van der Waals surface area contributed by atoms with Crippen molar-refractivity contribution in [1.29, 1.82) is 0 Å². The number of nitrogens with zero attached hydrogens (tertiary/aromatic N) is 3. The summed E-state index contributed by atoms with van der Waals surface area (Å²) < 4.78 is 26.9. The van der Waals surface area contributed by atoms with E-state index in [1.807, 2.05) is 37.3 Å². The van der Waals surface area contributed by atoms with Gasteiger partial charge in [0.1, 0.15) is 15.4 Å². The summed E-state index contributed by atoms with van der Waals surface area (Å²) in [6.45, 7) is 3.03. The van der Waals surface area contributed by atoms with Crippen LogP contribution in [0.2, 0.25) is 0 Å². The molecule has 1 aliphatic heterocycles. The molecule has 9 heteroatoms. The summed E-state index contributed by atoms with van der Waals surface area (Å²) >= 11 is 1.51. The van der Waals surface area contributed by atoms with Crippen LogP contribution in [-0.4, -0.2) is 41.7 Å². The summed E-state index contributed by atoms with van der Waals surface area (Å²) in [6, 6.07) is 15.6. The van der Waals surface area contributed by atoms with Crippen LogP contribution in [0.1, 0.15) is 28.8 Å². The summed E-state index contributed by atoms with van der Waals surface area (Å²) in [5.74, 6) is -0.300. The van der Waals surface area contributed by atoms with Gasteiger partial charge in [0.15, 0.2) is 0 Å². The van der Waals surface area contributed by atoms with Gasteiger partial charge < -0.3 is 5.32 Å². The second kappa shape index (κ2) is 8.66. The van der Waals surface area contributed by atoms with Gasteiger partial charge in [-0.05, 0) is 67.8 Å². The lowest BCUT2D eigenvalue weighted by molar-refractivity contribution is 0.102. The lowest BCUT2D eigenvalue weighted by atomic mass is 10.1. The van der Waals surface area contributed by atoms with Crippen LogP contribution in [0.3, 0.4) is 0 Å². The predicted octanol–water partition coefficient (Wildman–Crippen LogP) is 4.70. The second-order valence-electron chi connectivity index (χ2n) is 7.91. The fourth-order valence-corrected chi connectivity index (χ4v) is 6.45. The van der Waals surface area contributed by atoms with E-state index in [4.69, 9.17) is 0 Å². The zero-order chi connectivity index (χ0) is 23.0. The maximum absolute atomic E-state index is 12.9. The predicted molar refractivity (Wildman–Crippen MR) is 130 cm³/mol. The molecule has 0 saturated carbocycles. The van der Waals surface area contributed by atoms with E-state index in [9.17, 15) is 13.2 Å². The topological polar surface area (TPSA) is 92.3 Å². The minimum absolute atomic E-state index is 0.212. The van der Waals surface area contributed by atoms with Crippen molar-refractivity contribution >= 4 is 43.3 Å². The summed E-state index contributed by atoms with van der Waals surface area (Å²) in [5.41, 5.74) is 3.75. The number of fused-ring (bicyclic) bond motifs is 1. The Kier molecular flexibility index (Phi) is 5.69. The van der Waals surface area contributed by atoms with Crippen molar-refractivity contribution < 1.29 is 13.2 Å². The number of hydrogen-bond donors (Lipinski definition) is 1. The largest absolute Gasteiger partial charge is 0.322 e. The Bertz CT molecular complexity index is 1410. The van der Waals surface area contributed by atoms with Crippen molar-refractivity contribution in [2.45, 2.75) is 24.7 Å². The van der Waals surface area contributed by atoms with E-state index >= 15 is 0 Å². The lowest BCUT2D eigenvalue weighted by Crippen LogP contribution is -2.27. The standard InChI is InChI=1S/C24H22N4O3S2/c1-16-19(23-27-21-8-5-13-25-24(21)32-23)6-4-7-20(16)26-22(29)17-9-11-18(12-10-17)33(30,31)28-14-2-3-15-28/h4-13H,2-3,14-15H2,1H3,(H,26,29). The van der Waals surface area contributed by atoms with Crippen molar-refractivity contribution in [3.8, 4) is 10.6 Å². The molecule has 0 atom stereocenters. The zero-order valence-corrected chi connectivity index (χ0v) is 19.6. The number of rotatable bonds is 5. The molecule has 168 valence electrons. The molecular formula is C24H22N4O3S2. The average molecular weight is 479 g/mol. The van der Waals surface area contributed by atoms with Crippen molar-refractivity contribution in [3.63, 3.8) is 0 Å². The number of thiazole rings is 1. The number of carbonyl (C=O) groups excluding carboxylic acids is 1. The highest BCUT2D eigenvalue weighted by Gasteiger charge is 2.27. The Morgan fingerprint density at radius 2 is 1.79 bits per heavy atom. The van der Waals surface area contributed by atoms with Gasteiger partial charge in [-0.25, -0.2) is 18.4 Å². The molecule has 0 unspecified atom stereocenters. The summed E-state index contributed by atoms with van der Waals surface area (Å²) in [4.78, 5) is 23.0. The van der Waals surface area contributed by atoms with E-state index in [2.05, 4.69) is 15.3 Å². The van der Waals surface area contributed by atoms with Crippen LogP contribution < -0.4 is 5.32 Å². The van der Waals surface area contributed by atoms with Crippen LogP contribution in [0.25, 0.3) is 20.9 Å². The molecule has 4 aromatic rings. The molecular weight excluding hydrogens is 456 g/mol. The number of carbonyl (C=O) groups is 1. The second-order valence-corrected chi connectivity index (χ2v) is 10.8. The molecule has 1 N–H and O–H groups in total. The molecule has 5 rings (SSSR count). The van der Waals surface area contributed by atoms with E-state index in [1.165, 1.54) is 27.8 Å². The van der Waals surface area contributed by atoms with Gasteiger partial charge in [0, 0.05) is 36.1 Å². The Balaban J connectivity index is 1.37. The Labute approximate surface area is 196 Å². The smallest absolute Gasteiger partial charge is 0.255 e. The molecule has 33 heavy (non-hydrogen) atoms. The third-order valence-corrected chi connectivity index (χ3v) is 8.72. The fraction of sp³-hybridized carbons (Fsp3) is 0.208. The average Bonchev–Trinajstić information content (AvgIpc) is 3.51. The Hall–Kier alpha value is -3.14. The minimum Gasteiger partial charge on any atom is -0.322 e. The van der Waals surface area contributed by atoms with Gasteiger partial charge in [-0.15, -0.1) is 0 Å². The molecule has 0 bridgehead atoms. The first kappa shape index (κ1) is 21.7. The summed E-state index contributed by atoms with van der Waals surface area (Å²) in [6.07, 6.45) is 3.51. The molecule has 3 heterocycles. The highest BCUT2D eigenvalue weighted by molar-refractivity contribution is 7.89. The third-order valence-electron chi connectivity index (χ3n) is 5.80. The van der Waals surface area contributed by atoms with Crippen molar-refractivity contribution in [3.05, 3.63) is 71.9 Å². The highest BCUT2D eigenvalue weighted by atomic mass is 32.2. The van der Waals surface area contributed by atoms with Gasteiger partial charge in [0.2, 0.25) is 10.0 Å². The normalized spacial score (nSPS) is 14.6. The molecule has 0 radical (unpaired) electrons. The first-order valence-electron chi connectivity index (χ1n) is 10.7. The first-order valence-corrected chi connectivity index (χ1v) is 12.9. The number of nitrogens with one attached hydrogen (secondary N) is 1. The van der Waals surface area contributed by atoms with Crippen LogP contribution in [0, 0.1) is 6.92 Å². The number of aromatic nitrogens is 2. The van der Waals surface area contributed by atoms with Crippen LogP contribution in [0.15, 0.2) is 65.7 Å². The van der Waals surface area contributed by atoms with Gasteiger partial charge in [-0.2, -0.15) is 4.31 Å². The Morgan fingerprint density at radius 1 is 1.03 bits per heavy atom. The number of sulfonamides is 1. The number of benzene rings is 2. The third kappa shape index (κ3) is 4.15. The molecule has 2 aromatic carbocycles. The minimum atomic E-state index is -3.50. The molecule has 1 fully saturated rings. The van der Waals surface area contributed by atoms with Gasteiger partial charge in [-0.1, -0.05) is 23.5 Å². The molecule has 1 amide bonds. The number of pyridine rings is 1. The molecule has 0 aliphatic carbocycles. The van der Waals surface area contributed by atoms with E-state index in [0.29, 0.717) is 24.3 Å². The van der Waals surface area contributed by atoms with Crippen LogP contribution in [-0.2, 0) is 10.0 Å². The quantitative estimate of drug-likeness (QED) is 0.449. The van der Waals surface area contributed by atoms with Gasteiger partial charge >= 0.3 is 0 Å². The van der Waals surface area contributed by atoms with E-state index in [0.717, 1.165) is 39.3 Å². The van der Waals surface area contributed by atoms with Crippen LogP contribution in [0.4, 0.5) is 5.69 Å². The van der Waals surface area contributed by atoms with E-state index in [-0.39, 0.29) is 10.8 Å². The van der Waals surface area contributed by atoms with Crippen molar-refractivity contribution in [1.82, 2.24) is 14.3 Å². The molecule has 1 saturated heterocycles. The summed E-state index contributed by atoms with van der Waals surface area (Å²) in [7, 11) is -3.50. The SMILES string of the molecule is Cc1c(NC(=O)c2ccc(S(=O)(=O)N3CCCC3)cc2)cccc1-c1nc2cccnc2s1. The van der Waals surface area contributed by atoms with Crippen LogP contribution in [0.5, 0.6) is 0 Å².